The number of benzene rings is 3. The summed E-state index contributed by atoms with van der Waals surface area (Å²) in [6.07, 6.45) is 13.1. The average molecular weight is 808 g/mol. The number of ether oxygens (including phenoxy) is 1. The first-order valence-corrected chi connectivity index (χ1v) is 21.3. The molecule has 6 rings (SSSR count). The summed E-state index contributed by atoms with van der Waals surface area (Å²) in [6.45, 7) is 15.8. The highest BCUT2D eigenvalue weighted by Crippen LogP contribution is 2.31. The Labute approximate surface area is 356 Å². The van der Waals surface area contributed by atoms with Crippen molar-refractivity contribution in [1.29, 1.82) is 0 Å². The number of likely N-dealkylation sites (N-methyl/N-ethyl adjacent to an activating group) is 1. The molecule has 3 aromatic rings. The minimum absolute atomic E-state index is 0.0573. The number of hydrazine groups is 1. The number of carbonyl (C=O) groups excluding carboxylic acids is 2. The summed E-state index contributed by atoms with van der Waals surface area (Å²) in [5.41, 5.74) is 17.0. The van der Waals surface area contributed by atoms with Gasteiger partial charge in [0.05, 0.1) is 11.8 Å². The molecule has 4 N–H and O–H groups in total. The van der Waals surface area contributed by atoms with Crippen LogP contribution in [0, 0.1) is 11.8 Å². The Balaban J connectivity index is 0.917. The summed E-state index contributed by atoms with van der Waals surface area (Å²) < 4.78 is 6.09. The van der Waals surface area contributed by atoms with E-state index in [0.29, 0.717) is 32.0 Å². The second-order valence-corrected chi connectivity index (χ2v) is 15.9. The number of nitrogens with zero attached hydrogens (tertiary/aromatic N) is 3. The third-order valence-electron chi connectivity index (χ3n) is 11.5. The van der Waals surface area contributed by atoms with Crippen molar-refractivity contribution in [3.05, 3.63) is 137 Å². The Morgan fingerprint density at radius 3 is 2.52 bits per heavy atom. The number of nitrogens with one attached hydrogen (secondary N) is 4. The molecule has 10 nitrogen and oxygen atoms in total. The maximum atomic E-state index is 13.5. The molecule has 2 saturated heterocycles. The predicted molar refractivity (Wildman–Crippen MR) is 246 cm³/mol. The molecule has 0 aromatic heterocycles. The first-order valence-electron chi connectivity index (χ1n) is 21.3. The number of rotatable bonds is 16. The highest BCUT2D eigenvalue weighted by atomic mass is 16.5. The average Bonchev–Trinajstić information content (AvgIpc) is 3.75. The summed E-state index contributed by atoms with van der Waals surface area (Å²) in [5, 5.41) is 6.03. The van der Waals surface area contributed by atoms with Gasteiger partial charge in [-0.05, 0) is 141 Å². The van der Waals surface area contributed by atoms with Crippen molar-refractivity contribution < 1.29 is 14.3 Å². The molecule has 0 bridgehead atoms. The number of allylic oxidation sites excluding steroid dienone is 5. The van der Waals surface area contributed by atoms with Gasteiger partial charge < -0.3 is 25.7 Å². The lowest BCUT2D eigenvalue weighted by molar-refractivity contribution is -0.121. The van der Waals surface area contributed by atoms with Crippen LogP contribution in [0.1, 0.15) is 84.0 Å². The molecule has 0 spiro atoms. The van der Waals surface area contributed by atoms with Crippen LogP contribution in [0.5, 0.6) is 0 Å². The van der Waals surface area contributed by atoms with Gasteiger partial charge in [-0.3, -0.25) is 19.5 Å². The number of hydrogen-bond acceptors (Lipinski definition) is 8. The first kappa shape index (κ1) is 43.8. The van der Waals surface area contributed by atoms with E-state index in [-0.39, 0.29) is 24.0 Å². The van der Waals surface area contributed by atoms with Crippen molar-refractivity contribution in [3.8, 4) is 11.8 Å². The van der Waals surface area contributed by atoms with E-state index in [0.717, 1.165) is 97.5 Å². The maximum Gasteiger partial charge on any atom is 0.253 e. The van der Waals surface area contributed by atoms with Gasteiger partial charge in [-0.1, -0.05) is 60.4 Å². The van der Waals surface area contributed by atoms with Gasteiger partial charge >= 0.3 is 0 Å². The molecule has 3 aromatic carbocycles. The highest BCUT2D eigenvalue weighted by molar-refractivity contribution is 5.94. The van der Waals surface area contributed by atoms with Crippen LogP contribution in [0.2, 0.25) is 0 Å². The van der Waals surface area contributed by atoms with Crippen molar-refractivity contribution in [2.75, 3.05) is 64.2 Å². The summed E-state index contributed by atoms with van der Waals surface area (Å²) in [7, 11) is 3.43. The molecule has 3 aliphatic rings. The van der Waals surface area contributed by atoms with Crippen LogP contribution in [0.15, 0.2) is 114 Å². The lowest BCUT2D eigenvalue weighted by Gasteiger charge is -2.33. The number of likely N-dealkylation sites (tertiary alicyclic amines) is 2. The normalized spacial score (nSPS) is 17.0. The topological polar surface area (TPSA) is 110 Å². The van der Waals surface area contributed by atoms with Crippen molar-refractivity contribution >= 4 is 35.0 Å². The van der Waals surface area contributed by atoms with E-state index >= 15 is 0 Å². The van der Waals surface area contributed by atoms with Crippen LogP contribution in [0.3, 0.4) is 0 Å². The molecule has 314 valence electrons. The minimum atomic E-state index is -0.343. The van der Waals surface area contributed by atoms with Gasteiger partial charge in [0.25, 0.3) is 5.91 Å². The number of fused-ring (bicyclic) bond motifs is 1. The zero-order chi connectivity index (χ0) is 42.3. The maximum absolute atomic E-state index is 13.5. The number of carbonyl (C=O) groups is 2. The molecule has 3 heterocycles. The summed E-state index contributed by atoms with van der Waals surface area (Å²) in [5.74, 6) is 6.83. The van der Waals surface area contributed by atoms with Crippen LogP contribution in [0.4, 0.5) is 11.4 Å². The number of aliphatic imine (C=N–C) groups is 1. The molecule has 1 atom stereocenters. The fraction of sp³-hybridized carbons (Fsp3) is 0.380. The van der Waals surface area contributed by atoms with Crippen molar-refractivity contribution in [2.24, 2.45) is 4.99 Å². The second-order valence-electron chi connectivity index (χ2n) is 15.9. The van der Waals surface area contributed by atoms with Crippen molar-refractivity contribution in [2.45, 2.75) is 70.1 Å². The zero-order valence-corrected chi connectivity index (χ0v) is 35.6. The van der Waals surface area contributed by atoms with E-state index in [1.807, 2.05) is 59.7 Å². The lowest BCUT2D eigenvalue weighted by atomic mass is 9.88. The molecule has 2 amide bonds. The van der Waals surface area contributed by atoms with E-state index in [2.05, 4.69) is 99.7 Å². The Kier molecular flexibility index (Phi) is 16.1. The van der Waals surface area contributed by atoms with Crippen LogP contribution in [-0.4, -0.2) is 93.4 Å². The van der Waals surface area contributed by atoms with E-state index < -0.39 is 0 Å². The molecule has 0 radical (unpaired) electrons. The van der Waals surface area contributed by atoms with Gasteiger partial charge in [-0.15, -0.1) is 6.58 Å². The van der Waals surface area contributed by atoms with E-state index in [9.17, 15) is 9.59 Å². The van der Waals surface area contributed by atoms with Gasteiger partial charge in [-0.2, -0.15) is 0 Å². The molecule has 60 heavy (non-hydrogen) atoms. The summed E-state index contributed by atoms with van der Waals surface area (Å²) in [4.78, 5) is 34.4. The Hall–Kier alpha value is -5.73. The number of hydrogen-bond donors (Lipinski definition) is 4. The third-order valence-corrected chi connectivity index (χ3v) is 11.5. The quantitative estimate of drug-likeness (QED) is 0.0508. The predicted octanol–water partition coefficient (Wildman–Crippen LogP) is 7.75. The first-order chi connectivity index (χ1) is 29.2. The van der Waals surface area contributed by atoms with E-state index in [4.69, 9.17) is 4.74 Å². The number of piperidine rings is 2. The molecule has 0 saturated carbocycles. The van der Waals surface area contributed by atoms with Gasteiger partial charge in [0.15, 0.2) is 0 Å². The Morgan fingerprint density at radius 1 is 1.02 bits per heavy atom. The lowest BCUT2D eigenvalue weighted by Crippen LogP contribution is -2.41. The molecule has 10 heteroatoms. The second kappa shape index (κ2) is 22.0. The standard InChI is InChI=1S/C50H61N7O3/c1-6-7-13-48(49(58)52-5)54-44-12-8-10-38(32-44)11-9-30-60-45-23-28-57(29-24-45)50(59)41-16-14-39(15-17-41)40-21-26-56(27-22-40)35-36(2)31-37(3)46(20-25-51-4)42-18-19-47-43(33-42)34-53-55-47/h6,8,10,12,14-20,25,31-33,40,45,48,53-55H,1,3,7,13,21-24,26-30,34-35H2,2,4-5H3,(H,52,58)/b36-31+,46-20+,51-25?. The zero-order valence-electron chi connectivity index (χ0n) is 35.6. The molecule has 2 fully saturated rings. The third kappa shape index (κ3) is 12.2. The van der Waals surface area contributed by atoms with Gasteiger partial charge in [-0.25, -0.2) is 5.43 Å². The molecule has 0 aliphatic carbocycles. The van der Waals surface area contributed by atoms with E-state index in [1.54, 1.807) is 14.1 Å². The van der Waals surface area contributed by atoms with Crippen LogP contribution in [0.25, 0.3) is 5.57 Å². The van der Waals surface area contributed by atoms with Gasteiger partial charge in [0.1, 0.15) is 12.6 Å². The van der Waals surface area contributed by atoms with Crippen LogP contribution < -0.4 is 21.5 Å². The van der Waals surface area contributed by atoms with E-state index in [1.165, 1.54) is 16.7 Å². The Bertz CT molecular complexity index is 2130. The fourth-order valence-electron chi connectivity index (χ4n) is 8.22. The smallest absolute Gasteiger partial charge is 0.253 e. The SMILES string of the molecule is C=CCCC(Nc1cccc(C#CCOC2CCN(C(=O)c3ccc(C4CCN(C/C(C)=C/C(=C)/C(=C\C=NC)c5ccc6c(c5)CNN6)CC4)cc3)CC2)c1)C(=O)NC. The van der Waals surface area contributed by atoms with Crippen LogP contribution in [-0.2, 0) is 16.1 Å². The summed E-state index contributed by atoms with van der Waals surface area (Å²) in [6, 6.07) is 22.2. The Morgan fingerprint density at radius 2 is 1.78 bits per heavy atom. The molecule has 1 unspecified atom stereocenters. The highest BCUT2D eigenvalue weighted by Gasteiger charge is 2.25. The fourth-order valence-corrected chi connectivity index (χ4v) is 8.22. The van der Waals surface area contributed by atoms with Crippen molar-refractivity contribution in [3.63, 3.8) is 0 Å². The summed E-state index contributed by atoms with van der Waals surface area (Å²) >= 11 is 0. The van der Waals surface area contributed by atoms with Crippen LogP contribution >= 0.6 is 0 Å². The van der Waals surface area contributed by atoms with Gasteiger partial charge in [0.2, 0.25) is 5.91 Å². The molecular formula is C50H61N7O3. The monoisotopic (exact) mass is 807 g/mol. The molecular weight excluding hydrogens is 747 g/mol. The number of anilines is 2. The van der Waals surface area contributed by atoms with Crippen molar-refractivity contribution in [1.82, 2.24) is 20.5 Å². The number of amides is 2. The molecule has 3 aliphatic heterocycles. The minimum Gasteiger partial charge on any atom is -0.374 e. The van der Waals surface area contributed by atoms with Gasteiger partial charge in [0, 0.05) is 63.3 Å². The largest absolute Gasteiger partial charge is 0.374 e.